The van der Waals surface area contributed by atoms with Gasteiger partial charge in [-0.2, -0.15) is 0 Å². The van der Waals surface area contributed by atoms with Crippen molar-refractivity contribution in [1.29, 1.82) is 0 Å². The van der Waals surface area contributed by atoms with Gasteiger partial charge in [-0.15, -0.1) is 0 Å². The van der Waals surface area contributed by atoms with Gasteiger partial charge in [0.25, 0.3) is 0 Å². The maximum atomic E-state index is 12.5. The zero-order valence-electron chi connectivity index (χ0n) is 20.0. The molecule has 0 aliphatic heterocycles. The maximum absolute atomic E-state index is 12.5. The number of fused-ring (bicyclic) bond motifs is 1. The maximum Gasteiger partial charge on any atom is 0.244 e. The van der Waals surface area contributed by atoms with E-state index < -0.39 is 0 Å². The molecule has 1 N–H and O–H groups in total. The summed E-state index contributed by atoms with van der Waals surface area (Å²) in [6, 6.07) is 10.4. The molecule has 0 bridgehead atoms. The van der Waals surface area contributed by atoms with Gasteiger partial charge >= 0.3 is 0 Å². The molecule has 0 saturated carbocycles. The first-order chi connectivity index (χ1) is 15.3. The second-order valence-corrected chi connectivity index (χ2v) is 8.52. The molecule has 2 aromatic carbocycles. The largest absolute Gasteiger partial charge is 0.493 e. The molecule has 0 saturated heterocycles. The molecule has 3 aromatic rings. The summed E-state index contributed by atoms with van der Waals surface area (Å²) >= 11 is 0. The summed E-state index contributed by atoms with van der Waals surface area (Å²) in [6.07, 6.45) is 4.37. The van der Waals surface area contributed by atoms with Crippen molar-refractivity contribution in [1.82, 2.24) is 10.2 Å². The van der Waals surface area contributed by atoms with Gasteiger partial charge < -0.3 is 19.4 Å². The molecule has 1 heterocycles. The van der Waals surface area contributed by atoms with Crippen LogP contribution in [-0.2, 0) is 4.79 Å². The van der Waals surface area contributed by atoms with Crippen LogP contribution in [0.5, 0.6) is 5.75 Å². The van der Waals surface area contributed by atoms with E-state index in [1.54, 1.807) is 12.3 Å². The molecule has 0 radical (unpaired) electrons. The van der Waals surface area contributed by atoms with Crippen LogP contribution in [0.1, 0.15) is 37.0 Å². The fourth-order valence-corrected chi connectivity index (χ4v) is 3.89. The molecule has 5 nitrogen and oxygen atoms in total. The smallest absolute Gasteiger partial charge is 0.244 e. The Balaban J connectivity index is 1.95. The molecule has 0 spiro atoms. The normalized spacial score (nSPS) is 11.9. The highest BCUT2D eigenvalue weighted by Gasteiger charge is 2.16. The predicted octanol–water partition coefficient (Wildman–Crippen LogP) is 5.59. The Morgan fingerprint density at radius 1 is 1.16 bits per heavy atom. The molecule has 0 atom stereocenters. The lowest BCUT2D eigenvalue weighted by Gasteiger charge is -2.12. The molecule has 3 rings (SSSR count). The van der Waals surface area contributed by atoms with Crippen molar-refractivity contribution in [2.45, 2.75) is 34.1 Å². The van der Waals surface area contributed by atoms with Crippen LogP contribution in [0.2, 0.25) is 0 Å². The number of allylic oxidation sites excluding steroid dienone is 1. The molecule has 1 amide bonds. The van der Waals surface area contributed by atoms with E-state index in [4.69, 9.17) is 9.15 Å². The van der Waals surface area contributed by atoms with Crippen LogP contribution in [-0.4, -0.2) is 44.6 Å². The highest BCUT2D eigenvalue weighted by molar-refractivity contribution is 6.00. The molecule has 0 aliphatic carbocycles. The summed E-state index contributed by atoms with van der Waals surface area (Å²) in [5.41, 5.74) is 7.14. The third-order valence-electron chi connectivity index (χ3n) is 5.50. The number of hydrogen-bond acceptors (Lipinski definition) is 4. The quantitative estimate of drug-likeness (QED) is 0.352. The minimum Gasteiger partial charge on any atom is -0.493 e. The summed E-state index contributed by atoms with van der Waals surface area (Å²) in [6.45, 7) is 10.2. The van der Waals surface area contributed by atoms with E-state index in [9.17, 15) is 4.79 Å². The van der Waals surface area contributed by atoms with Crippen molar-refractivity contribution >= 4 is 22.4 Å². The van der Waals surface area contributed by atoms with E-state index >= 15 is 0 Å². The average Bonchev–Trinajstić information content (AvgIpc) is 3.13. The van der Waals surface area contributed by atoms with E-state index in [2.05, 4.69) is 48.3 Å². The first-order valence-corrected chi connectivity index (χ1v) is 11.2. The number of nitrogens with one attached hydrogen (secondary N) is 1. The summed E-state index contributed by atoms with van der Waals surface area (Å²) in [5.74, 6) is 0.626. The number of amides is 1. The molecular weight excluding hydrogens is 400 g/mol. The van der Waals surface area contributed by atoms with Crippen LogP contribution < -0.4 is 10.1 Å². The van der Waals surface area contributed by atoms with Gasteiger partial charge in [-0.25, -0.2) is 0 Å². The average molecular weight is 435 g/mol. The van der Waals surface area contributed by atoms with Gasteiger partial charge in [-0.3, -0.25) is 4.79 Å². The predicted molar refractivity (Wildman–Crippen MR) is 132 cm³/mol. The summed E-state index contributed by atoms with van der Waals surface area (Å²) in [4.78, 5) is 14.6. The lowest BCUT2D eigenvalue weighted by molar-refractivity contribution is -0.116. The van der Waals surface area contributed by atoms with Crippen LogP contribution in [0.4, 0.5) is 0 Å². The Morgan fingerprint density at radius 2 is 1.94 bits per heavy atom. The van der Waals surface area contributed by atoms with Crippen LogP contribution in [0.25, 0.3) is 27.7 Å². The van der Waals surface area contributed by atoms with Crippen LogP contribution in [0.15, 0.2) is 47.1 Å². The van der Waals surface area contributed by atoms with E-state index in [1.807, 2.05) is 34.0 Å². The third-order valence-corrected chi connectivity index (χ3v) is 5.50. The highest BCUT2D eigenvalue weighted by atomic mass is 16.5. The van der Waals surface area contributed by atoms with Crippen LogP contribution >= 0.6 is 0 Å². The Labute approximate surface area is 191 Å². The number of aryl methyl sites for hydroxylation is 2. The monoisotopic (exact) mass is 434 g/mol. The number of hydrogen-bond donors (Lipinski definition) is 1. The van der Waals surface area contributed by atoms with Gasteiger partial charge in [-0.1, -0.05) is 23.8 Å². The number of ether oxygens (including phenoxy) is 1. The number of furan rings is 1. The topological polar surface area (TPSA) is 54.7 Å². The summed E-state index contributed by atoms with van der Waals surface area (Å²) in [7, 11) is 4.05. The van der Waals surface area contributed by atoms with Crippen molar-refractivity contribution in [2.24, 2.45) is 0 Å². The third kappa shape index (κ3) is 5.60. The van der Waals surface area contributed by atoms with Crippen LogP contribution in [0, 0.1) is 13.8 Å². The molecule has 0 fully saturated rings. The summed E-state index contributed by atoms with van der Waals surface area (Å²) < 4.78 is 11.8. The van der Waals surface area contributed by atoms with E-state index in [0.29, 0.717) is 13.2 Å². The minimum absolute atomic E-state index is 0.0920. The Kier molecular flexibility index (Phi) is 7.75. The fraction of sp³-hybridized carbons (Fsp3) is 0.370. The molecule has 32 heavy (non-hydrogen) atoms. The second kappa shape index (κ2) is 10.5. The Bertz CT molecular complexity index is 1130. The van der Waals surface area contributed by atoms with Crippen molar-refractivity contribution in [3.8, 4) is 16.9 Å². The SMILES string of the molecule is CCOc1cc2occ(-c3ccc(C)cc3C)c2cc1/C(C)=C/C(=O)NCCCN(C)C. The van der Waals surface area contributed by atoms with Crippen molar-refractivity contribution in [2.75, 3.05) is 33.8 Å². The van der Waals surface area contributed by atoms with E-state index in [1.165, 1.54) is 11.1 Å². The second-order valence-electron chi connectivity index (χ2n) is 8.52. The highest BCUT2D eigenvalue weighted by Crippen LogP contribution is 2.38. The van der Waals surface area contributed by atoms with E-state index in [-0.39, 0.29) is 5.91 Å². The van der Waals surface area contributed by atoms with Crippen molar-refractivity contribution < 1.29 is 13.9 Å². The van der Waals surface area contributed by atoms with Gasteiger partial charge in [-0.05, 0) is 77.5 Å². The molecule has 1 aromatic heterocycles. The Morgan fingerprint density at radius 3 is 2.62 bits per heavy atom. The lowest BCUT2D eigenvalue weighted by atomic mass is 9.96. The first-order valence-electron chi connectivity index (χ1n) is 11.2. The fourth-order valence-electron chi connectivity index (χ4n) is 3.89. The molecule has 5 heteroatoms. The zero-order chi connectivity index (χ0) is 23.3. The number of benzene rings is 2. The van der Waals surface area contributed by atoms with Gasteiger partial charge in [0.05, 0.1) is 12.9 Å². The molecule has 170 valence electrons. The van der Waals surface area contributed by atoms with Gasteiger partial charge in [0.2, 0.25) is 5.91 Å². The number of carbonyl (C=O) groups excluding carboxylic acids is 1. The first kappa shape index (κ1) is 23.6. The van der Waals surface area contributed by atoms with Crippen LogP contribution in [0.3, 0.4) is 0 Å². The van der Waals surface area contributed by atoms with Gasteiger partial charge in [0.15, 0.2) is 0 Å². The number of rotatable bonds is 9. The van der Waals surface area contributed by atoms with Gasteiger partial charge in [0, 0.05) is 35.2 Å². The van der Waals surface area contributed by atoms with Crippen molar-refractivity contribution in [3.05, 3.63) is 59.4 Å². The molecular formula is C27H34N2O3. The minimum atomic E-state index is -0.0920. The molecule has 0 unspecified atom stereocenters. The van der Waals surface area contributed by atoms with Crippen molar-refractivity contribution in [3.63, 3.8) is 0 Å². The standard InChI is InChI=1S/C27H34N2O3/c1-7-31-25-16-26-23(24(17-32-26)21-10-9-18(2)13-19(21)3)15-22(25)20(4)14-27(30)28-11-8-12-29(5)6/h9-10,13-17H,7-8,11-12H2,1-6H3,(H,28,30)/b20-14+. The van der Waals surface area contributed by atoms with Gasteiger partial charge in [0.1, 0.15) is 11.3 Å². The Hall–Kier alpha value is -3.05. The zero-order valence-corrected chi connectivity index (χ0v) is 20.0. The lowest BCUT2D eigenvalue weighted by Crippen LogP contribution is -2.25. The number of nitrogens with zero attached hydrogens (tertiary/aromatic N) is 1. The number of carbonyl (C=O) groups is 1. The summed E-state index contributed by atoms with van der Waals surface area (Å²) in [5, 5.41) is 3.98. The van der Waals surface area contributed by atoms with E-state index in [0.717, 1.165) is 51.9 Å². The molecule has 0 aliphatic rings.